The lowest BCUT2D eigenvalue weighted by molar-refractivity contribution is -0.384. The van der Waals surface area contributed by atoms with E-state index in [1.54, 1.807) is 34.6 Å². The van der Waals surface area contributed by atoms with E-state index in [2.05, 4.69) is 20.5 Å². The molecule has 4 rings (SSSR count). The number of hydrogen-bond donors (Lipinski definition) is 1. The first-order valence-electron chi connectivity index (χ1n) is 8.75. The molecule has 3 aromatic heterocycles. The van der Waals surface area contributed by atoms with Gasteiger partial charge in [0.25, 0.3) is 11.6 Å². The van der Waals surface area contributed by atoms with Crippen molar-refractivity contribution >= 4 is 22.9 Å². The molecule has 0 aliphatic carbocycles. The van der Waals surface area contributed by atoms with Crippen molar-refractivity contribution in [2.45, 2.75) is 13.8 Å². The number of fused-ring (bicyclic) bond motifs is 1. The molecule has 0 saturated heterocycles. The van der Waals surface area contributed by atoms with Gasteiger partial charge < -0.3 is 5.32 Å². The summed E-state index contributed by atoms with van der Waals surface area (Å²) in [4.78, 5) is 27.4. The predicted octanol–water partition coefficient (Wildman–Crippen LogP) is 2.91. The lowest BCUT2D eigenvalue weighted by Crippen LogP contribution is -2.13. The molecule has 3 heterocycles. The minimum absolute atomic E-state index is 0.0334. The Kier molecular flexibility index (Phi) is 4.30. The molecule has 0 aliphatic heterocycles. The number of carbonyl (C=O) groups excluding carboxylic acids is 1. The number of nitrogens with zero attached hydrogens (tertiary/aromatic N) is 6. The molecule has 1 aromatic carbocycles. The van der Waals surface area contributed by atoms with Gasteiger partial charge in [-0.2, -0.15) is 10.2 Å². The number of amides is 1. The largest absolute Gasteiger partial charge is 0.320 e. The quantitative estimate of drug-likeness (QED) is 0.422. The summed E-state index contributed by atoms with van der Waals surface area (Å²) in [6.07, 6.45) is 3.40. The van der Waals surface area contributed by atoms with E-state index in [0.717, 1.165) is 17.0 Å². The van der Waals surface area contributed by atoms with E-state index < -0.39 is 10.8 Å². The van der Waals surface area contributed by atoms with Gasteiger partial charge >= 0.3 is 0 Å². The van der Waals surface area contributed by atoms with E-state index in [4.69, 9.17) is 0 Å². The van der Waals surface area contributed by atoms with Crippen LogP contribution in [0.3, 0.4) is 0 Å². The molecule has 146 valence electrons. The van der Waals surface area contributed by atoms with E-state index in [0.29, 0.717) is 16.9 Å². The van der Waals surface area contributed by atoms with E-state index in [1.165, 1.54) is 18.2 Å². The first-order chi connectivity index (χ1) is 13.8. The van der Waals surface area contributed by atoms with Crippen molar-refractivity contribution in [2.75, 3.05) is 5.32 Å². The van der Waals surface area contributed by atoms with Crippen LogP contribution in [0.15, 0.2) is 42.7 Å². The van der Waals surface area contributed by atoms with Crippen LogP contribution in [0.25, 0.3) is 16.9 Å². The van der Waals surface area contributed by atoms with Crippen molar-refractivity contribution in [1.82, 2.24) is 24.4 Å². The second-order valence-corrected chi connectivity index (χ2v) is 6.61. The number of hydrogen-bond acceptors (Lipinski definition) is 6. The average Bonchev–Trinajstić information content (AvgIpc) is 3.27. The first-order valence-corrected chi connectivity index (χ1v) is 8.75. The number of aromatic nitrogens is 5. The Balaban J connectivity index is 1.68. The number of carbonyl (C=O) groups is 1. The SMILES string of the molecule is Cc1cc([N+](=O)[O-])ccc1NC(=O)c1cc2nccc(-c3cnn(C)c3C)n2n1. The summed E-state index contributed by atoms with van der Waals surface area (Å²) in [6.45, 7) is 3.64. The Morgan fingerprint density at radius 2 is 2.00 bits per heavy atom. The number of anilines is 1. The molecule has 0 bridgehead atoms. The molecule has 0 saturated carbocycles. The van der Waals surface area contributed by atoms with Crippen LogP contribution in [-0.4, -0.2) is 35.2 Å². The monoisotopic (exact) mass is 391 g/mol. The zero-order chi connectivity index (χ0) is 20.7. The highest BCUT2D eigenvalue weighted by molar-refractivity contribution is 6.04. The topological polar surface area (TPSA) is 120 Å². The van der Waals surface area contributed by atoms with Crippen molar-refractivity contribution in [3.05, 3.63) is 69.8 Å². The average molecular weight is 391 g/mol. The van der Waals surface area contributed by atoms with Gasteiger partial charge in [0.1, 0.15) is 0 Å². The molecule has 0 fully saturated rings. The second kappa shape index (κ2) is 6.82. The molecule has 10 heteroatoms. The number of aryl methyl sites for hydroxylation is 2. The zero-order valence-electron chi connectivity index (χ0n) is 15.9. The third kappa shape index (κ3) is 3.20. The van der Waals surface area contributed by atoms with Crippen LogP contribution in [0.5, 0.6) is 0 Å². The van der Waals surface area contributed by atoms with Crippen LogP contribution in [0.1, 0.15) is 21.7 Å². The Morgan fingerprint density at radius 1 is 1.21 bits per heavy atom. The smallest absolute Gasteiger partial charge is 0.276 e. The highest BCUT2D eigenvalue weighted by atomic mass is 16.6. The number of rotatable bonds is 4. The van der Waals surface area contributed by atoms with Crippen LogP contribution in [0.2, 0.25) is 0 Å². The summed E-state index contributed by atoms with van der Waals surface area (Å²) < 4.78 is 3.36. The number of non-ortho nitro benzene ring substituents is 1. The maximum absolute atomic E-state index is 12.7. The van der Waals surface area contributed by atoms with Crippen molar-refractivity contribution in [3.8, 4) is 11.3 Å². The Bertz CT molecular complexity index is 1270. The van der Waals surface area contributed by atoms with Crippen LogP contribution in [-0.2, 0) is 7.05 Å². The molecule has 10 nitrogen and oxygen atoms in total. The Hall–Kier alpha value is -4.08. The zero-order valence-corrected chi connectivity index (χ0v) is 15.9. The molecule has 1 N–H and O–H groups in total. The van der Waals surface area contributed by atoms with E-state index in [1.807, 2.05) is 20.0 Å². The highest BCUT2D eigenvalue weighted by Gasteiger charge is 2.17. The van der Waals surface area contributed by atoms with Crippen molar-refractivity contribution < 1.29 is 9.72 Å². The summed E-state index contributed by atoms with van der Waals surface area (Å²) in [5.41, 5.74) is 4.36. The normalized spacial score (nSPS) is 11.0. The molecule has 29 heavy (non-hydrogen) atoms. The maximum atomic E-state index is 12.7. The van der Waals surface area contributed by atoms with E-state index >= 15 is 0 Å². The van der Waals surface area contributed by atoms with Crippen molar-refractivity contribution in [1.29, 1.82) is 0 Å². The highest BCUT2D eigenvalue weighted by Crippen LogP contribution is 2.24. The van der Waals surface area contributed by atoms with Crippen molar-refractivity contribution in [2.24, 2.45) is 7.05 Å². The van der Waals surface area contributed by atoms with Gasteiger partial charge in [-0.1, -0.05) is 0 Å². The lowest BCUT2D eigenvalue weighted by Gasteiger charge is -2.06. The minimum Gasteiger partial charge on any atom is -0.320 e. The van der Waals surface area contributed by atoms with Gasteiger partial charge in [0.05, 0.1) is 16.8 Å². The van der Waals surface area contributed by atoms with Crippen LogP contribution in [0, 0.1) is 24.0 Å². The molecule has 0 atom stereocenters. The number of nitrogens with one attached hydrogen (secondary N) is 1. The summed E-state index contributed by atoms with van der Waals surface area (Å²) in [5, 5.41) is 22.3. The standard InChI is InChI=1S/C19H17N7O3/c1-11-8-13(26(28)29)4-5-15(11)22-19(27)16-9-18-20-7-6-17(25(18)23-16)14-10-21-24(3)12(14)2/h4-10H,1-3H3,(H,22,27). The molecule has 1 amide bonds. The fourth-order valence-electron chi connectivity index (χ4n) is 3.05. The molecular weight excluding hydrogens is 374 g/mol. The predicted molar refractivity (Wildman–Crippen MR) is 106 cm³/mol. The summed E-state index contributed by atoms with van der Waals surface area (Å²) in [5.74, 6) is -0.429. The second-order valence-electron chi connectivity index (χ2n) is 6.61. The van der Waals surface area contributed by atoms with Gasteiger partial charge in [-0.25, -0.2) is 9.50 Å². The third-order valence-electron chi connectivity index (χ3n) is 4.77. The van der Waals surface area contributed by atoms with Gasteiger partial charge in [0, 0.05) is 48.4 Å². The molecular formula is C19H17N7O3. The summed E-state index contributed by atoms with van der Waals surface area (Å²) in [7, 11) is 1.85. The lowest BCUT2D eigenvalue weighted by atomic mass is 10.1. The van der Waals surface area contributed by atoms with Crippen LogP contribution < -0.4 is 5.32 Å². The molecule has 4 aromatic rings. The van der Waals surface area contributed by atoms with Gasteiger partial charge in [0.2, 0.25) is 0 Å². The molecule has 0 spiro atoms. The minimum atomic E-state index is -0.478. The van der Waals surface area contributed by atoms with Gasteiger partial charge in [0.15, 0.2) is 11.3 Å². The maximum Gasteiger partial charge on any atom is 0.276 e. The molecule has 0 aliphatic rings. The van der Waals surface area contributed by atoms with Gasteiger partial charge in [-0.15, -0.1) is 0 Å². The van der Waals surface area contributed by atoms with Gasteiger partial charge in [-0.05, 0) is 31.5 Å². The van der Waals surface area contributed by atoms with Crippen LogP contribution >= 0.6 is 0 Å². The summed E-state index contributed by atoms with van der Waals surface area (Å²) >= 11 is 0. The fourth-order valence-corrected chi connectivity index (χ4v) is 3.05. The van der Waals surface area contributed by atoms with E-state index in [-0.39, 0.29) is 11.4 Å². The first kappa shape index (κ1) is 18.3. The van der Waals surface area contributed by atoms with Gasteiger partial charge in [-0.3, -0.25) is 19.6 Å². The fraction of sp³-hybridized carbons (Fsp3) is 0.158. The Morgan fingerprint density at radius 3 is 2.66 bits per heavy atom. The number of nitro benzene ring substituents is 1. The molecule has 0 radical (unpaired) electrons. The number of nitro groups is 1. The van der Waals surface area contributed by atoms with Crippen molar-refractivity contribution in [3.63, 3.8) is 0 Å². The number of benzene rings is 1. The third-order valence-corrected chi connectivity index (χ3v) is 4.77. The van der Waals surface area contributed by atoms with E-state index in [9.17, 15) is 14.9 Å². The summed E-state index contributed by atoms with van der Waals surface area (Å²) in [6, 6.07) is 7.66. The van der Waals surface area contributed by atoms with Crippen LogP contribution in [0.4, 0.5) is 11.4 Å². The Labute approximate surface area is 165 Å². The molecule has 0 unspecified atom stereocenters.